The standard InChI is InChI=1S/C22H30N4O4/c1-3-30-17-7-5-16(6-8-17)20-19-18(24(2)22(28)23-20)15-26(21(19)27)10-4-9-25-11-13-29-14-12-25/h5-8,20H,3-4,9-15H2,1-2H3,(H,23,28). The minimum Gasteiger partial charge on any atom is -0.494 e. The van der Waals surface area contributed by atoms with Crippen LogP contribution in [0.3, 0.4) is 0 Å². The van der Waals surface area contributed by atoms with Crippen LogP contribution in [0.25, 0.3) is 0 Å². The molecule has 0 saturated carbocycles. The number of nitrogens with zero attached hydrogens (tertiary/aromatic N) is 3. The predicted octanol–water partition coefficient (Wildman–Crippen LogP) is 1.60. The zero-order valence-electron chi connectivity index (χ0n) is 17.7. The van der Waals surface area contributed by atoms with Crippen LogP contribution in [0.4, 0.5) is 4.79 Å². The van der Waals surface area contributed by atoms with Crippen molar-refractivity contribution in [2.45, 2.75) is 19.4 Å². The Morgan fingerprint density at radius 1 is 1.13 bits per heavy atom. The van der Waals surface area contributed by atoms with E-state index in [-0.39, 0.29) is 11.9 Å². The van der Waals surface area contributed by atoms with E-state index in [1.165, 1.54) is 0 Å². The summed E-state index contributed by atoms with van der Waals surface area (Å²) < 4.78 is 10.9. The first-order chi connectivity index (χ1) is 14.6. The van der Waals surface area contributed by atoms with Crippen LogP contribution in [0.15, 0.2) is 35.5 Å². The van der Waals surface area contributed by atoms with Crippen molar-refractivity contribution in [3.8, 4) is 5.75 Å². The van der Waals surface area contributed by atoms with Gasteiger partial charge in [-0.3, -0.25) is 14.6 Å². The van der Waals surface area contributed by atoms with Crippen LogP contribution in [0.5, 0.6) is 5.75 Å². The van der Waals surface area contributed by atoms with Gasteiger partial charge in [0.2, 0.25) is 0 Å². The first-order valence-electron chi connectivity index (χ1n) is 10.7. The molecule has 1 saturated heterocycles. The quantitative estimate of drug-likeness (QED) is 0.734. The van der Waals surface area contributed by atoms with E-state index in [9.17, 15) is 9.59 Å². The number of carbonyl (C=O) groups excluding carboxylic acids is 2. The molecule has 0 aromatic heterocycles. The molecule has 8 heteroatoms. The first-order valence-corrected chi connectivity index (χ1v) is 10.7. The fourth-order valence-electron chi connectivity index (χ4n) is 4.29. The second kappa shape index (κ2) is 9.06. The Morgan fingerprint density at radius 2 is 1.87 bits per heavy atom. The Bertz CT molecular complexity index is 817. The van der Waals surface area contributed by atoms with Gasteiger partial charge in [0.1, 0.15) is 5.75 Å². The molecule has 1 fully saturated rings. The van der Waals surface area contributed by atoms with Gasteiger partial charge in [0, 0.05) is 33.2 Å². The number of rotatable bonds is 7. The molecule has 3 aliphatic heterocycles. The number of benzene rings is 1. The second-order valence-electron chi connectivity index (χ2n) is 7.84. The molecule has 3 amide bonds. The number of carbonyl (C=O) groups is 2. The lowest BCUT2D eigenvalue weighted by Gasteiger charge is -2.31. The van der Waals surface area contributed by atoms with Crippen molar-refractivity contribution in [2.24, 2.45) is 0 Å². The maximum absolute atomic E-state index is 13.3. The van der Waals surface area contributed by atoms with Gasteiger partial charge in [0.05, 0.1) is 43.7 Å². The summed E-state index contributed by atoms with van der Waals surface area (Å²) >= 11 is 0. The number of ether oxygens (including phenoxy) is 2. The number of likely N-dealkylation sites (N-methyl/N-ethyl adjacent to an activating group) is 1. The highest BCUT2D eigenvalue weighted by molar-refractivity contribution is 6.01. The molecule has 1 atom stereocenters. The summed E-state index contributed by atoms with van der Waals surface area (Å²) in [6.45, 7) is 8.10. The highest BCUT2D eigenvalue weighted by atomic mass is 16.5. The summed E-state index contributed by atoms with van der Waals surface area (Å²) in [6.07, 6.45) is 0.908. The maximum atomic E-state index is 13.3. The molecule has 1 aromatic rings. The van der Waals surface area contributed by atoms with Crippen LogP contribution >= 0.6 is 0 Å². The Balaban J connectivity index is 1.46. The second-order valence-corrected chi connectivity index (χ2v) is 7.84. The summed E-state index contributed by atoms with van der Waals surface area (Å²) in [5.74, 6) is 0.787. The molecular formula is C22H30N4O4. The smallest absolute Gasteiger partial charge is 0.322 e. The SMILES string of the molecule is CCOc1ccc(C2NC(=O)N(C)C3=C2C(=O)N(CCCN2CCOCC2)C3)cc1. The zero-order chi connectivity index (χ0) is 21.1. The minimum atomic E-state index is -0.434. The third-order valence-electron chi connectivity index (χ3n) is 5.97. The van der Waals surface area contributed by atoms with Gasteiger partial charge in [0.15, 0.2) is 0 Å². The van der Waals surface area contributed by atoms with Gasteiger partial charge in [-0.15, -0.1) is 0 Å². The number of hydrogen-bond acceptors (Lipinski definition) is 5. The van der Waals surface area contributed by atoms with Gasteiger partial charge in [-0.1, -0.05) is 12.1 Å². The van der Waals surface area contributed by atoms with Crippen LogP contribution in [-0.2, 0) is 9.53 Å². The summed E-state index contributed by atoms with van der Waals surface area (Å²) in [5, 5.41) is 2.98. The van der Waals surface area contributed by atoms with E-state index < -0.39 is 6.04 Å². The molecule has 1 unspecified atom stereocenters. The predicted molar refractivity (Wildman–Crippen MR) is 112 cm³/mol. The third-order valence-corrected chi connectivity index (χ3v) is 5.97. The lowest BCUT2D eigenvalue weighted by Crippen LogP contribution is -2.45. The highest BCUT2D eigenvalue weighted by Crippen LogP contribution is 2.36. The Kier molecular flexibility index (Phi) is 6.24. The molecular weight excluding hydrogens is 384 g/mol. The van der Waals surface area contributed by atoms with Gasteiger partial charge in [-0.25, -0.2) is 4.79 Å². The summed E-state index contributed by atoms with van der Waals surface area (Å²) in [4.78, 5) is 31.6. The van der Waals surface area contributed by atoms with Crippen molar-refractivity contribution < 1.29 is 19.1 Å². The molecule has 0 spiro atoms. The van der Waals surface area contributed by atoms with Gasteiger partial charge >= 0.3 is 6.03 Å². The summed E-state index contributed by atoms with van der Waals surface area (Å²) in [7, 11) is 1.73. The molecule has 3 aliphatic rings. The third kappa shape index (κ3) is 4.15. The Morgan fingerprint density at radius 3 is 2.57 bits per heavy atom. The van der Waals surface area contributed by atoms with Crippen molar-refractivity contribution in [1.29, 1.82) is 0 Å². The average Bonchev–Trinajstić information content (AvgIpc) is 3.09. The normalized spacial score (nSPS) is 22.4. The van der Waals surface area contributed by atoms with Gasteiger partial charge in [0.25, 0.3) is 5.91 Å². The number of urea groups is 1. The van der Waals surface area contributed by atoms with Crippen molar-refractivity contribution in [3.05, 3.63) is 41.1 Å². The van der Waals surface area contributed by atoms with Gasteiger partial charge < -0.3 is 19.7 Å². The monoisotopic (exact) mass is 414 g/mol. The number of morpholine rings is 1. The molecule has 8 nitrogen and oxygen atoms in total. The molecule has 1 N–H and O–H groups in total. The highest BCUT2D eigenvalue weighted by Gasteiger charge is 2.42. The Hall–Kier alpha value is -2.58. The molecule has 30 heavy (non-hydrogen) atoms. The van der Waals surface area contributed by atoms with Crippen molar-refractivity contribution in [2.75, 3.05) is 59.6 Å². The molecule has 0 aliphatic carbocycles. The number of hydrogen-bond donors (Lipinski definition) is 1. The molecule has 0 bridgehead atoms. The first kappa shape index (κ1) is 20.7. The average molecular weight is 415 g/mol. The van der Waals surface area contributed by atoms with E-state index in [1.807, 2.05) is 36.1 Å². The number of nitrogens with one attached hydrogen (secondary N) is 1. The zero-order valence-corrected chi connectivity index (χ0v) is 17.7. The molecule has 3 heterocycles. The van der Waals surface area contributed by atoms with Crippen LogP contribution < -0.4 is 10.1 Å². The fraction of sp³-hybridized carbons (Fsp3) is 0.545. The minimum absolute atomic E-state index is 0.0118. The van der Waals surface area contributed by atoms with E-state index >= 15 is 0 Å². The van der Waals surface area contributed by atoms with E-state index in [0.717, 1.165) is 56.3 Å². The van der Waals surface area contributed by atoms with E-state index in [2.05, 4.69) is 10.2 Å². The van der Waals surface area contributed by atoms with Crippen LogP contribution in [-0.4, -0.2) is 86.2 Å². The van der Waals surface area contributed by atoms with E-state index in [4.69, 9.17) is 9.47 Å². The lowest BCUT2D eigenvalue weighted by atomic mass is 9.95. The fourth-order valence-corrected chi connectivity index (χ4v) is 4.29. The Labute approximate surface area is 177 Å². The summed E-state index contributed by atoms with van der Waals surface area (Å²) in [5.41, 5.74) is 2.36. The van der Waals surface area contributed by atoms with Gasteiger partial charge in [-0.2, -0.15) is 0 Å². The van der Waals surface area contributed by atoms with E-state index in [1.54, 1.807) is 11.9 Å². The molecule has 0 radical (unpaired) electrons. The lowest BCUT2D eigenvalue weighted by molar-refractivity contribution is -0.125. The molecule has 1 aromatic carbocycles. The van der Waals surface area contributed by atoms with Crippen LogP contribution in [0, 0.1) is 0 Å². The van der Waals surface area contributed by atoms with Gasteiger partial charge in [-0.05, 0) is 31.0 Å². The number of amides is 3. The molecule has 4 rings (SSSR count). The van der Waals surface area contributed by atoms with E-state index in [0.29, 0.717) is 25.3 Å². The molecule has 162 valence electrons. The van der Waals surface area contributed by atoms with Crippen LogP contribution in [0.1, 0.15) is 24.9 Å². The summed E-state index contributed by atoms with van der Waals surface area (Å²) in [6, 6.07) is 6.97. The maximum Gasteiger partial charge on any atom is 0.322 e. The van der Waals surface area contributed by atoms with Crippen molar-refractivity contribution in [1.82, 2.24) is 20.0 Å². The van der Waals surface area contributed by atoms with Crippen molar-refractivity contribution >= 4 is 11.9 Å². The largest absolute Gasteiger partial charge is 0.494 e. The topological polar surface area (TPSA) is 74.4 Å². The van der Waals surface area contributed by atoms with Crippen molar-refractivity contribution in [3.63, 3.8) is 0 Å². The van der Waals surface area contributed by atoms with Crippen LogP contribution in [0.2, 0.25) is 0 Å².